The molecule has 0 fully saturated rings. The quantitative estimate of drug-likeness (QED) is 0.549. The van der Waals surface area contributed by atoms with E-state index in [1.165, 1.54) is 0 Å². The third-order valence-electron chi connectivity index (χ3n) is 1.96. The fraction of sp³-hybridized carbons (Fsp3) is 0.333. The summed E-state index contributed by atoms with van der Waals surface area (Å²) in [7, 11) is -3.65. The van der Waals surface area contributed by atoms with Crippen LogP contribution in [0.5, 0.6) is 5.75 Å². The number of benzene rings is 1. The van der Waals surface area contributed by atoms with Crippen molar-refractivity contribution in [1.82, 2.24) is 0 Å². The van der Waals surface area contributed by atoms with Crippen LogP contribution in [0.3, 0.4) is 0 Å². The number of rotatable bonds is 5. The first kappa shape index (κ1) is 16.7. The maximum Gasteiger partial charge on any atom is 1.00 e. The van der Waals surface area contributed by atoms with Crippen molar-refractivity contribution in [2.45, 2.75) is 20.3 Å². The molecule has 0 saturated carbocycles. The summed E-state index contributed by atoms with van der Waals surface area (Å²) in [6.45, 7) is 7.40. The second-order valence-electron chi connectivity index (χ2n) is 3.99. The summed E-state index contributed by atoms with van der Waals surface area (Å²) >= 11 is 0. The minimum Gasteiger partial charge on any atom is -1.00 e. The fourth-order valence-electron chi connectivity index (χ4n) is 1.36. The van der Waals surface area contributed by atoms with Crippen molar-refractivity contribution in [1.29, 1.82) is 0 Å². The monoisotopic (exact) mass is 264 g/mol. The van der Waals surface area contributed by atoms with Gasteiger partial charge in [0.2, 0.25) is 0 Å². The zero-order valence-electron chi connectivity index (χ0n) is 11.5. The van der Waals surface area contributed by atoms with Crippen molar-refractivity contribution in [2.24, 2.45) is 5.92 Å². The molecule has 17 heavy (non-hydrogen) atoms. The van der Waals surface area contributed by atoms with E-state index >= 15 is 0 Å². The minimum absolute atomic E-state index is 0. The average Bonchev–Trinajstić information content (AvgIpc) is 2.16. The Hall–Kier alpha value is -0.290. The summed E-state index contributed by atoms with van der Waals surface area (Å²) in [4.78, 5) is 0. The van der Waals surface area contributed by atoms with E-state index in [1.54, 1.807) is 18.2 Å². The van der Waals surface area contributed by atoms with Gasteiger partial charge in [-0.05, 0) is 30.0 Å². The van der Waals surface area contributed by atoms with Crippen LogP contribution in [0.2, 0.25) is 0 Å². The van der Waals surface area contributed by atoms with Crippen molar-refractivity contribution in [3.05, 3.63) is 41.8 Å². The summed E-state index contributed by atoms with van der Waals surface area (Å²) in [5, 5.41) is 0.794. The largest absolute Gasteiger partial charge is 1.00 e. The van der Waals surface area contributed by atoms with E-state index in [1.807, 2.05) is 6.07 Å². The van der Waals surface area contributed by atoms with Gasteiger partial charge in [-0.2, -0.15) is 8.42 Å². The maximum atomic E-state index is 11.2. The molecule has 0 spiro atoms. The third-order valence-corrected chi connectivity index (χ3v) is 2.79. The maximum absolute atomic E-state index is 11.2. The van der Waals surface area contributed by atoms with Crippen LogP contribution in [-0.4, -0.2) is 8.42 Å². The fourth-order valence-corrected chi connectivity index (χ4v) is 1.80. The van der Waals surface area contributed by atoms with E-state index in [0.717, 1.165) is 17.4 Å². The molecule has 0 aromatic heterocycles. The van der Waals surface area contributed by atoms with Crippen LogP contribution in [0.15, 0.2) is 36.3 Å². The van der Waals surface area contributed by atoms with Crippen molar-refractivity contribution in [3.8, 4) is 5.75 Å². The van der Waals surface area contributed by atoms with Gasteiger partial charge in [-0.1, -0.05) is 32.6 Å². The van der Waals surface area contributed by atoms with Crippen molar-refractivity contribution < 1.29 is 43.6 Å². The van der Waals surface area contributed by atoms with Gasteiger partial charge in [0.05, 0.1) is 5.41 Å². The Morgan fingerprint density at radius 3 is 2.65 bits per heavy atom. The van der Waals surface area contributed by atoms with Crippen molar-refractivity contribution in [3.63, 3.8) is 0 Å². The molecule has 0 bridgehead atoms. The Kier molecular flexibility index (Phi) is 7.09. The standard InChI is InChI=1S/C12H16O3S.Na.H/c1-4-16(13,14)15-12-7-5-6-11(9-12)8-10(2)3;;/h4-7,9-10H,1,8H2,2-3H3;;/q;+1;-1. The van der Waals surface area contributed by atoms with Gasteiger partial charge in [0.1, 0.15) is 5.75 Å². The molecule has 0 radical (unpaired) electrons. The second kappa shape index (κ2) is 7.21. The first-order chi connectivity index (χ1) is 7.43. The van der Waals surface area contributed by atoms with E-state index in [0.29, 0.717) is 11.7 Å². The summed E-state index contributed by atoms with van der Waals surface area (Å²) in [5.41, 5.74) is 1.06. The van der Waals surface area contributed by atoms with Gasteiger partial charge in [0.15, 0.2) is 0 Å². The Labute approximate surface area is 127 Å². The van der Waals surface area contributed by atoms with E-state index in [9.17, 15) is 8.42 Å². The molecule has 0 saturated heterocycles. The molecule has 3 nitrogen and oxygen atoms in total. The summed E-state index contributed by atoms with van der Waals surface area (Å²) in [6, 6.07) is 7.09. The molecule has 1 aromatic rings. The zero-order valence-corrected chi connectivity index (χ0v) is 13.3. The third kappa shape index (κ3) is 6.27. The van der Waals surface area contributed by atoms with Crippen LogP contribution < -0.4 is 33.7 Å². The van der Waals surface area contributed by atoms with Gasteiger partial charge in [-0.25, -0.2) is 0 Å². The Bertz CT molecular complexity index is 472. The normalized spacial score (nSPS) is 10.8. The molecular formula is C12H17NaO3S. The Morgan fingerprint density at radius 1 is 1.47 bits per heavy atom. The number of hydrogen-bond donors (Lipinski definition) is 0. The molecule has 1 aromatic carbocycles. The van der Waals surface area contributed by atoms with Gasteiger partial charge in [-0.3, -0.25) is 0 Å². The van der Waals surface area contributed by atoms with Gasteiger partial charge in [-0.15, -0.1) is 0 Å². The van der Waals surface area contributed by atoms with Gasteiger partial charge < -0.3 is 5.61 Å². The molecule has 0 amide bonds. The van der Waals surface area contributed by atoms with Gasteiger partial charge >= 0.3 is 39.7 Å². The molecule has 90 valence electrons. The summed E-state index contributed by atoms with van der Waals surface area (Å²) in [6.07, 6.45) is 0.894. The molecule has 0 aliphatic carbocycles. The van der Waals surface area contributed by atoms with Crippen molar-refractivity contribution >= 4 is 10.1 Å². The molecule has 0 unspecified atom stereocenters. The van der Waals surface area contributed by atoms with E-state index in [4.69, 9.17) is 4.18 Å². The predicted octanol–water partition coefficient (Wildman–Crippen LogP) is -0.146. The van der Waals surface area contributed by atoms with E-state index < -0.39 is 10.1 Å². The molecule has 1 rings (SSSR count). The van der Waals surface area contributed by atoms with Crippen LogP contribution >= 0.6 is 0 Å². The minimum atomic E-state index is -3.65. The van der Waals surface area contributed by atoms with Crippen molar-refractivity contribution in [2.75, 3.05) is 0 Å². The average molecular weight is 264 g/mol. The molecule has 0 heterocycles. The second-order valence-corrected chi connectivity index (χ2v) is 5.47. The van der Waals surface area contributed by atoms with Crippen LogP contribution in [0.4, 0.5) is 0 Å². The Balaban J connectivity index is 0. The molecule has 0 aliphatic rings. The molecule has 0 atom stereocenters. The van der Waals surface area contributed by atoms with Gasteiger partial charge in [0, 0.05) is 0 Å². The topological polar surface area (TPSA) is 43.4 Å². The Morgan fingerprint density at radius 2 is 2.12 bits per heavy atom. The van der Waals surface area contributed by atoms with Crippen LogP contribution in [-0.2, 0) is 16.5 Å². The van der Waals surface area contributed by atoms with Crippen LogP contribution in [0.25, 0.3) is 0 Å². The molecule has 0 aliphatic heterocycles. The molecule has 5 heteroatoms. The molecule has 0 N–H and O–H groups in total. The summed E-state index contributed by atoms with van der Waals surface area (Å²) in [5.74, 6) is 0.851. The first-order valence-corrected chi connectivity index (χ1v) is 6.56. The van der Waals surface area contributed by atoms with Gasteiger partial charge in [0.25, 0.3) is 0 Å². The van der Waals surface area contributed by atoms with E-state index in [2.05, 4.69) is 20.4 Å². The smallest absolute Gasteiger partial charge is 1.00 e. The van der Waals surface area contributed by atoms with E-state index in [-0.39, 0.29) is 31.0 Å². The first-order valence-electron chi connectivity index (χ1n) is 5.09. The summed E-state index contributed by atoms with van der Waals surface area (Å²) < 4.78 is 27.2. The predicted molar refractivity (Wildman–Crippen MR) is 65.8 cm³/mol. The van der Waals surface area contributed by atoms with Crippen LogP contribution in [0, 0.1) is 5.92 Å². The van der Waals surface area contributed by atoms with Crippen LogP contribution in [0.1, 0.15) is 20.8 Å². The molecular weight excluding hydrogens is 247 g/mol. The number of hydrogen-bond acceptors (Lipinski definition) is 3. The zero-order chi connectivity index (χ0) is 12.2. The SMILES string of the molecule is C=CS(=O)(=O)Oc1cccc(CC(C)C)c1.[H-].[Na+].